The van der Waals surface area contributed by atoms with Crippen molar-refractivity contribution in [3.05, 3.63) is 46.8 Å². The lowest BCUT2D eigenvalue weighted by atomic mass is 10.1. The fraction of sp³-hybridized carbons (Fsp3) is 0.333. The molecule has 1 unspecified atom stereocenters. The molecule has 1 aliphatic heterocycles. The Hall–Kier alpha value is -3.05. The maximum absolute atomic E-state index is 12.4. The first-order chi connectivity index (χ1) is 13.6. The lowest BCUT2D eigenvalue weighted by Gasteiger charge is -2.21. The molecule has 2 heterocycles. The van der Waals surface area contributed by atoms with Crippen LogP contribution in [0.25, 0.3) is 0 Å². The molecule has 11 heteroatoms. The molecule has 2 N–H and O–H groups in total. The van der Waals surface area contributed by atoms with Crippen molar-refractivity contribution < 1.29 is 27.3 Å². The third kappa shape index (κ3) is 3.78. The summed E-state index contributed by atoms with van der Waals surface area (Å²) >= 11 is 0. The van der Waals surface area contributed by atoms with Gasteiger partial charge in [0.15, 0.2) is 5.76 Å². The highest BCUT2D eigenvalue weighted by atomic mass is 32.2. The van der Waals surface area contributed by atoms with Gasteiger partial charge in [-0.05, 0) is 32.9 Å². The van der Waals surface area contributed by atoms with E-state index < -0.39 is 33.8 Å². The van der Waals surface area contributed by atoms with E-state index in [2.05, 4.69) is 15.2 Å². The first kappa shape index (κ1) is 20.7. The zero-order valence-corrected chi connectivity index (χ0v) is 16.9. The summed E-state index contributed by atoms with van der Waals surface area (Å²) in [6.07, 6.45) is 0. The van der Waals surface area contributed by atoms with E-state index in [1.165, 1.54) is 32.9 Å². The van der Waals surface area contributed by atoms with Gasteiger partial charge in [-0.2, -0.15) is 0 Å². The van der Waals surface area contributed by atoms with Gasteiger partial charge in [0.2, 0.25) is 15.9 Å². The second-order valence-electron chi connectivity index (χ2n) is 6.54. The van der Waals surface area contributed by atoms with Crippen LogP contribution in [0.15, 0.2) is 33.7 Å². The summed E-state index contributed by atoms with van der Waals surface area (Å²) in [5.74, 6) is -1.48. The van der Waals surface area contributed by atoms with Crippen LogP contribution in [-0.4, -0.2) is 55.3 Å². The zero-order chi connectivity index (χ0) is 21.3. The molecule has 2 aromatic rings. The summed E-state index contributed by atoms with van der Waals surface area (Å²) in [6.45, 7) is 4.31. The zero-order valence-electron chi connectivity index (χ0n) is 16.1. The molecule has 1 aromatic heterocycles. The van der Waals surface area contributed by atoms with E-state index in [4.69, 9.17) is 4.52 Å². The number of hydrogen-bond acceptors (Lipinski definition) is 7. The van der Waals surface area contributed by atoms with Crippen LogP contribution in [0.5, 0.6) is 0 Å². The number of amides is 3. The first-order valence-corrected chi connectivity index (χ1v) is 10.3. The molecule has 29 heavy (non-hydrogen) atoms. The van der Waals surface area contributed by atoms with Gasteiger partial charge in [-0.3, -0.25) is 19.3 Å². The van der Waals surface area contributed by atoms with Crippen LogP contribution in [0, 0.1) is 13.8 Å². The number of rotatable bonds is 7. The minimum atomic E-state index is -3.84. The number of imide groups is 1. The molecule has 0 spiro atoms. The number of carbonyl (C=O) groups is 3. The Morgan fingerprint density at radius 3 is 2.24 bits per heavy atom. The molecular formula is C18H20N4O6S. The molecule has 3 rings (SSSR count). The van der Waals surface area contributed by atoms with E-state index in [-0.39, 0.29) is 40.6 Å². The molecule has 0 fully saturated rings. The molecule has 10 nitrogen and oxygen atoms in total. The number of carbonyl (C=O) groups excluding carboxylic acids is 3. The molecule has 1 atom stereocenters. The first-order valence-electron chi connectivity index (χ1n) is 8.82. The number of sulfonamides is 1. The Labute approximate surface area is 167 Å². The van der Waals surface area contributed by atoms with Crippen molar-refractivity contribution in [1.29, 1.82) is 0 Å². The quantitative estimate of drug-likeness (QED) is 0.487. The summed E-state index contributed by atoms with van der Waals surface area (Å²) in [4.78, 5) is 38.1. The molecule has 0 radical (unpaired) electrons. The van der Waals surface area contributed by atoms with Crippen molar-refractivity contribution >= 4 is 27.7 Å². The Balaban J connectivity index is 1.57. The van der Waals surface area contributed by atoms with Crippen LogP contribution in [0.3, 0.4) is 0 Å². The van der Waals surface area contributed by atoms with Crippen molar-refractivity contribution in [2.75, 3.05) is 13.1 Å². The van der Waals surface area contributed by atoms with Crippen LogP contribution >= 0.6 is 0 Å². The number of nitrogens with one attached hydrogen (secondary N) is 2. The van der Waals surface area contributed by atoms with Crippen LogP contribution in [0.2, 0.25) is 0 Å². The van der Waals surface area contributed by atoms with Crippen LogP contribution in [0.4, 0.5) is 0 Å². The summed E-state index contributed by atoms with van der Waals surface area (Å²) in [7, 11) is -3.84. The van der Waals surface area contributed by atoms with Crippen molar-refractivity contribution in [2.45, 2.75) is 31.7 Å². The molecule has 0 aliphatic carbocycles. The third-order valence-electron chi connectivity index (χ3n) is 4.55. The lowest BCUT2D eigenvalue weighted by Crippen LogP contribution is -2.49. The monoisotopic (exact) mass is 420 g/mol. The third-order valence-corrected chi connectivity index (χ3v) is 6.25. The van der Waals surface area contributed by atoms with Crippen molar-refractivity contribution in [1.82, 2.24) is 20.1 Å². The van der Waals surface area contributed by atoms with Gasteiger partial charge >= 0.3 is 0 Å². The fourth-order valence-electron chi connectivity index (χ4n) is 3.13. The highest BCUT2D eigenvalue weighted by Gasteiger charge is 2.40. The minimum Gasteiger partial charge on any atom is -0.360 e. The summed E-state index contributed by atoms with van der Waals surface area (Å²) in [5, 5.41) is 6.13. The smallest absolute Gasteiger partial charge is 0.262 e. The second kappa shape index (κ2) is 7.76. The van der Waals surface area contributed by atoms with Crippen molar-refractivity contribution in [2.24, 2.45) is 0 Å². The predicted octanol–water partition coefficient (Wildman–Crippen LogP) is 0.371. The SMILES string of the molecule is Cc1noc(C)c1S(=O)(=O)NCCNC(=O)C(C)N1C(=O)c2ccccc2C1=O. The molecule has 1 aliphatic rings. The molecule has 0 saturated heterocycles. The van der Waals surface area contributed by atoms with E-state index in [9.17, 15) is 22.8 Å². The summed E-state index contributed by atoms with van der Waals surface area (Å²) < 4.78 is 31.8. The molecule has 0 saturated carbocycles. The Kier molecular flexibility index (Phi) is 5.53. The molecule has 1 aromatic carbocycles. The van der Waals surface area contributed by atoms with Crippen molar-refractivity contribution in [3.8, 4) is 0 Å². The van der Waals surface area contributed by atoms with Crippen molar-refractivity contribution in [3.63, 3.8) is 0 Å². The molecule has 3 amide bonds. The molecule has 154 valence electrons. The van der Waals surface area contributed by atoms with Crippen LogP contribution < -0.4 is 10.0 Å². The maximum Gasteiger partial charge on any atom is 0.262 e. The number of fused-ring (bicyclic) bond motifs is 1. The highest BCUT2D eigenvalue weighted by molar-refractivity contribution is 7.89. The van der Waals surface area contributed by atoms with Gasteiger partial charge in [-0.15, -0.1) is 0 Å². The average molecular weight is 420 g/mol. The maximum atomic E-state index is 12.4. The summed E-state index contributed by atoms with van der Waals surface area (Å²) in [5.41, 5.74) is 0.743. The van der Waals surface area contributed by atoms with Crippen LogP contribution in [0.1, 0.15) is 39.1 Å². The van der Waals surface area contributed by atoms with E-state index in [1.807, 2.05) is 0 Å². The average Bonchev–Trinajstić information content (AvgIpc) is 3.15. The van der Waals surface area contributed by atoms with Gasteiger partial charge in [0.05, 0.1) is 11.1 Å². The van der Waals surface area contributed by atoms with Gasteiger partial charge in [0.1, 0.15) is 16.6 Å². The largest absolute Gasteiger partial charge is 0.360 e. The molecule has 0 bridgehead atoms. The number of benzene rings is 1. The number of nitrogens with zero attached hydrogens (tertiary/aromatic N) is 2. The topological polar surface area (TPSA) is 139 Å². The van der Waals surface area contributed by atoms with E-state index in [0.717, 1.165) is 4.90 Å². The number of aryl methyl sites for hydroxylation is 2. The number of aromatic nitrogens is 1. The van der Waals surface area contributed by atoms with Crippen LogP contribution in [-0.2, 0) is 14.8 Å². The second-order valence-corrected chi connectivity index (χ2v) is 8.25. The number of hydrogen-bond donors (Lipinski definition) is 2. The van der Waals surface area contributed by atoms with Gasteiger partial charge in [-0.25, -0.2) is 13.1 Å². The molecular weight excluding hydrogens is 400 g/mol. The standard InChI is InChI=1S/C18H20N4O6S/c1-10-15(12(3)28-21-10)29(26,27)20-9-8-19-16(23)11(2)22-17(24)13-6-4-5-7-14(13)18(22)25/h4-7,11,20H,8-9H2,1-3H3,(H,19,23). The predicted molar refractivity (Wildman–Crippen MR) is 101 cm³/mol. The lowest BCUT2D eigenvalue weighted by molar-refractivity contribution is -0.124. The normalized spacial score (nSPS) is 14.8. The fourth-order valence-corrected chi connectivity index (χ4v) is 4.48. The Morgan fingerprint density at radius 1 is 1.14 bits per heavy atom. The van der Waals surface area contributed by atoms with Gasteiger partial charge in [-0.1, -0.05) is 17.3 Å². The van der Waals surface area contributed by atoms with Gasteiger partial charge in [0.25, 0.3) is 11.8 Å². The minimum absolute atomic E-state index is 0.0328. The Bertz CT molecular complexity index is 1040. The van der Waals surface area contributed by atoms with E-state index in [0.29, 0.717) is 0 Å². The van der Waals surface area contributed by atoms with Gasteiger partial charge < -0.3 is 9.84 Å². The van der Waals surface area contributed by atoms with Gasteiger partial charge in [0, 0.05) is 13.1 Å². The van der Waals surface area contributed by atoms with E-state index >= 15 is 0 Å². The highest BCUT2D eigenvalue weighted by Crippen LogP contribution is 2.24. The summed E-state index contributed by atoms with van der Waals surface area (Å²) in [6, 6.07) is 5.31. The van der Waals surface area contributed by atoms with E-state index in [1.54, 1.807) is 12.1 Å². The Morgan fingerprint density at radius 2 is 1.72 bits per heavy atom.